The zero-order chi connectivity index (χ0) is 27.7. The molecule has 1 aliphatic heterocycles. The molecule has 5 nitrogen and oxygen atoms in total. The van der Waals surface area contributed by atoms with Crippen LogP contribution in [0.3, 0.4) is 0 Å². The molecule has 8 heteroatoms. The lowest BCUT2D eigenvalue weighted by molar-refractivity contribution is -0.137. The van der Waals surface area contributed by atoms with E-state index in [1.54, 1.807) is 13.3 Å². The second-order valence-electron chi connectivity index (χ2n) is 10.9. The van der Waals surface area contributed by atoms with Crippen LogP contribution in [0.25, 0.3) is 0 Å². The van der Waals surface area contributed by atoms with Crippen molar-refractivity contribution < 1.29 is 24.1 Å². The fourth-order valence-corrected chi connectivity index (χ4v) is 5.00. The molecule has 0 unspecified atom stereocenters. The first-order valence-electron chi connectivity index (χ1n) is 12.7. The van der Waals surface area contributed by atoms with Crippen molar-refractivity contribution in [3.05, 3.63) is 94.3 Å². The average molecular weight is 528 g/mol. The summed E-state index contributed by atoms with van der Waals surface area (Å²) in [6.45, 7) is 9.83. The minimum atomic E-state index is -4.35. The Hall–Kier alpha value is -3.39. The Bertz CT molecular complexity index is 1290. The van der Waals surface area contributed by atoms with Crippen molar-refractivity contribution in [2.24, 2.45) is 5.92 Å². The Morgan fingerprint density at radius 2 is 1.84 bits per heavy atom. The Morgan fingerprint density at radius 1 is 1.13 bits per heavy atom. The number of halogens is 3. The van der Waals surface area contributed by atoms with Crippen LogP contribution in [0.5, 0.6) is 5.75 Å². The molecule has 0 saturated carbocycles. The van der Waals surface area contributed by atoms with E-state index in [0.29, 0.717) is 25.2 Å². The van der Waals surface area contributed by atoms with E-state index in [1.165, 1.54) is 12.1 Å². The summed E-state index contributed by atoms with van der Waals surface area (Å²) in [4.78, 5) is 20.0. The molecule has 1 aromatic heterocycles. The standard InChI is InChI=1S/C30H34F3N3O2.H2/c1-19(2)27-26-22(17-36(27)16-20-9-11-23(12-10-20)30(31,32)33)13-21(15-34-26)28(37)35-18-29(3,4)24-7-6-8-25(14-24)38-5;/h6-15,19,27H,16-18H2,1-5H3,(H,35,37);1H/t27-;/m0./s1. The van der Waals surface area contributed by atoms with Gasteiger partial charge in [-0.1, -0.05) is 52.0 Å². The van der Waals surface area contributed by atoms with Crippen LogP contribution in [-0.4, -0.2) is 29.4 Å². The van der Waals surface area contributed by atoms with Gasteiger partial charge in [-0.3, -0.25) is 14.7 Å². The molecular weight excluding hydrogens is 491 g/mol. The second kappa shape index (κ2) is 10.8. The number of hydrogen-bond acceptors (Lipinski definition) is 4. The summed E-state index contributed by atoms with van der Waals surface area (Å²) in [6.07, 6.45) is -2.74. The van der Waals surface area contributed by atoms with Crippen molar-refractivity contribution in [1.29, 1.82) is 0 Å². The van der Waals surface area contributed by atoms with E-state index in [-0.39, 0.29) is 24.7 Å². The van der Waals surface area contributed by atoms with Crippen LogP contribution in [0.4, 0.5) is 13.2 Å². The molecule has 0 spiro atoms. The number of nitrogens with zero attached hydrogens (tertiary/aromatic N) is 2. The molecule has 2 heterocycles. The van der Waals surface area contributed by atoms with Crippen molar-refractivity contribution in [2.75, 3.05) is 13.7 Å². The first-order valence-corrected chi connectivity index (χ1v) is 12.7. The largest absolute Gasteiger partial charge is 0.497 e. The quantitative estimate of drug-likeness (QED) is 0.351. The highest BCUT2D eigenvalue weighted by atomic mass is 19.4. The molecule has 0 fully saturated rings. The number of carbonyl (C=O) groups is 1. The number of alkyl halides is 3. The number of hydrogen-bond donors (Lipinski definition) is 1. The fraction of sp³-hybridized carbons (Fsp3) is 0.400. The van der Waals surface area contributed by atoms with Gasteiger partial charge in [0, 0.05) is 32.7 Å². The summed E-state index contributed by atoms with van der Waals surface area (Å²) in [5.41, 5.74) is 3.27. The Labute approximate surface area is 223 Å². The molecule has 0 bridgehead atoms. The molecule has 0 saturated heterocycles. The zero-order valence-electron chi connectivity index (χ0n) is 22.4. The topological polar surface area (TPSA) is 54.5 Å². The number of rotatable bonds is 8. The van der Waals surface area contributed by atoms with Crippen LogP contribution in [0.15, 0.2) is 60.8 Å². The molecule has 1 amide bonds. The third kappa shape index (κ3) is 6.01. The van der Waals surface area contributed by atoms with Gasteiger partial charge in [0.15, 0.2) is 0 Å². The Kier molecular flexibility index (Phi) is 7.83. The molecule has 0 radical (unpaired) electrons. The summed E-state index contributed by atoms with van der Waals surface area (Å²) >= 11 is 0. The molecule has 1 N–H and O–H groups in total. The predicted octanol–water partition coefficient (Wildman–Crippen LogP) is 6.78. The van der Waals surface area contributed by atoms with E-state index < -0.39 is 11.7 Å². The third-order valence-corrected chi connectivity index (χ3v) is 7.15. The Balaban J connectivity index is 0.00000420. The second-order valence-corrected chi connectivity index (χ2v) is 10.9. The lowest BCUT2D eigenvalue weighted by Crippen LogP contribution is -2.36. The number of methoxy groups -OCH3 is 1. The lowest BCUT2D eigenvalue weighted by Gasteiger charge is -2.27. The van der Waals surface area contributed by atoms with Crippen molar-refractivity contribution >= 4 is 5.91 Å². The van der Waals surface area contributed by atoms with Crippen LogP contribution in [0.2, 0.25) is 0 Å². The van der Waals surface area contributed by atoms with Crippen molar-refractivity contribution in [3.63, 3.8) is 0 Å². The predicted molar refractivity (Wildman–Crippen MR) is 143 cm³/mol. The highest BCUT2D eigenvalue weighted by Gasteiger charge is 2.35. The number of nitrogens with one attached hydrogen (secondary N) is 1. The van der Waals surface area contributed by atoms with Gasteiger partial charge in [-0.2, -0.15) is 13.2 Å². The number of fused-ring (bicyclic) bond motifs is 1. The van der Waals surface area contributed by atoms with Crippen LogP contribution in [-0.2, 0) is 24.7 Å². The van der Waals surface area contributed by atoms with Crippen LogP contribution in [0, 0.1) is 5.92 Å². The van der Waals surface area contributed by atoms with Crippen LogP contribution < -0.4 is 10.1 Å². The van der Waals surface area contributed by atoms with Gasteiger partial charge in [0.05, 0.1) is 30.0 Å². The molecule has 2 aromatic carbocycles. The van der Waals surface area contributed by atoms with E-state index in [2.05, 4.69) is 42.9 Å². The van der Waals surface area contributed by atoms with Crippen LogP contribution >= 0.6 is 0 Å². The number of aromatic nitrogens is 1. The van der Waals surface area contributed by atoms with Gasteiger partial charge in [0.1, 0.15) is 5.75 Å². The SMILES string of the molecule is COc1cccc(C(C)(C)CNC(=O)c2cnc3c(c2)CN(Cc2ccc(C(F)(F)F)cc2)[C@H]3C(C)C)c1.[HH]. The highest BCUT2D eigenvalue weighted by molar-refractivity contribution is 5.94. The number of carbonyl (C=O) groups excluding carboxylic acids is 1. The van der Waals surface area contributed by atoms with Crippen molar-refractivity contribution in [1.82, 2.24) is 15.2 Å². The van der Waals surface area contributed by atoms with E-state index in [0.717, 1.165) is 40.3 Å². The van der Waals surface area contributed by atoms with Crippen LogP contribution in [0.1, 0.15) is 73.5 Å². The minimum absolute atomic E-state index is 0. The molecule has 204 valence electrons. The fourth-order valence-electron chi connectivity index (χ4n) is 5.00. The number of amides is 1. The van der Waals surface area contributed by atoms with Gasteiger partial charge in [-0.25, -0.2) is 0 Å². The van der Waals surface area contributed by atoms with Gasteiger partial charge >= 0.3 is 6.18 Å². The minimum Gasteiger partial charge on any atom is -0.497 e. The molecule has 3 aromatic rings. The summed E-state index contributed by atoms with van der Waals surface area (Å²) in [5, 5.41) is 3.04. The number of benzene rings is 2. The molecule has 4 rings (SSSR count). The maximum atomic E-state index is 13.1. The van der Waals surface area contributed by atoms with Gasteiger partial charge in [-0.15, -0.1) is 0 Å². The van der Waals surface area contributed by atoms with Crippen molar-refractivity contribution in [2.45, 2.75) is 58.4 Å². The van der Waals surface area contributed by atoms with Gasteiger partial charge in [0.25, 0.3) is 5.91 Å². The highest BCUT2D eigenvalue weighted by Crippen LogP contribution is 2.39. The molecule has 1 aliphatic rings. The number of pyridine rings is 1. The van der Waals surface area contributed by atoms with Gasteiger partial charge in [0.2, 0.25) is 0 Å². The maximum Gasteiger partial charge on any atom is 0.416 e. The summed E-state index contributed by atoms with van der Waals surface area (Å²) < 4.78 is 44.2. The molecule has 38 heavy (non-hydrogen) atoms. The summed E-state index contributed by atoms with van der Waals surface area (Å²) in [5.74, 6) is 0.811. The third-order valence-electron chi connectivity index (χ3n) is 7.15. The first kappa shape index (κ1) is 27.6. The molecular formula is C30H36F3N3O2. The molecule has 1 atom stereocenters. The lowest BCUT2D eigenvalue weighted by atomic mass is 9.84. The smallest absolute Gasteiger partial charge is 0.416 e. The summed E-state index contributed by atoms with van der Waals surface area (Å²) in [7, 11) is 1.63. The zero-order valence-corrected chi connectivity index (χ0v) is 22.4. The number of ether oxygens (including phenoxy) is 1. The van der Waals surface area contributed by atoms with E-state index in [4.69, 9.17) is 4.74 Å². The normalized spacial score (nSPS) is 16.0. The maximum absolute atomic E-state index is 13.1. The Morgan fingerprint density at radius 3 is 2.47 bits per heavy atom. The van der Waals surface area contributed by atoms with E-state index >= 15 is 0 Å². The van der Waals surface area contributed by atoms with E-state index in [1.807, 2.05) is 30.3 Å². The summed E-state index contributed by atoms with van der Waals surface area (Å²) in [6, 6.07) is 15.0. The first-order chi connectivity index (χ1) is 17.9. The van der Waals surface area contributed by atoms with Gasteiger partial charge < -0.3 is 10.1 Å². The molecule has 0 aliphatic carbocycles. The van der Waals surface area contributed by atoms with E-state index in [9.17, 15) is 18.0 Å². The monoisotopic (exact) mass is 527 g/mol. The average Bonchev–Trinajstić information content (AvgIpc) is 3.24. The van der Waals surface area contributed by atoms with Crippen molar-refractivity contribution in [3.8, 4) is 5.75 Å². The van der Waals surface area contributed by atoms with Gasteiger partial charge in [-0.05, 0) is 52.9 Å².